The Morgan fingerprint density at radius 1 is 0.912 bits per heavy atom. The molecule has 4 rings (SSSR count). The summed E-state index contributed by atoms with van der Waals surface area (Å²) in [5.41, 5.74) is 1.17. The Bertz CT molecular complexity index is 1450. The highest BCUT2D eigenvalue weighted by Crippen LogP contribution is 2.25. The molecule has 172 valence electrons. The summed E-state index contributed by atoms with van der Waals surface area (Å²) in [4.78, 5) is 20.6. The van der Waals surface area contributed by atoms with Crippen LogP contribution in [-0.2, 0) is 10.0 Å². The number of carbonyl (C=O) groups excluding carboxylic acids is 1. The van der Waals surface area contributed by atoms with Crippen molar-refractivity contribution in [3.8, 4) is 11.8 Å². The van der Waals surface area contributed by atoms with E-state index in [9.17, 15) is 17.6 Å². The Balaban J connectivity index is 1.50. The van der Waals surface area contributed by atoms with Gasteiger partial charge >= 0.3 is 6.01 Å². The molecule has 0 bridgehead atoms. The molecule has 0 unspecified atom stereocenters. The number of nitrogens with one attached hydrogen (secondary N) is 2. The van der Waals surface area contributed by atoms with E-state index in [1.165, 1.54) is 42.5 Å². The Hall–Kier alpha value is -4.31. The number of halogens is 1. The Kier molecular flexibility index (Phi) is 6.51. The third-order valence-corrected chi connectivity index (χ3v) is 6.09. The molecule has 34 heavy (non-hydrogen) atoms. The van der Waals surface area contributed by atoms with Crippen molar-refractivity contribution < 1.29 is 22.3 Å². The molecule has 1 amide bonds. The van der Waals surface area contributed by atoms with Gasteiger partial charge in [0.1, 0.15) is 11.6 Å². The Morgan fingerprint density at radius 2 is 1.68 bits per heavy atom. The number of sulfonamides is 1. The van der Waals surface area contributed by atoms with Crippen LogP contribution in [0, 0.1) is 12.7 Å². The molecule has 8 nitrogen and oxygen atoms in total. The van der Waals surface area contributed by atoms with E-state index >= 15 is 0 Å². The zero-order chi connectivity index (χ0) is 24.1. The molecule has 3 aromatic carbocycles. The first-order valence-electron chi connectivity index (χ1n) is 10.1. The number of hydrogen-bond donors (Lipinski definition) is 2. The van der Waals surface area contributed by atoms with Crippen molar-refractivity contribution in [2.45, 2.75) is 11.8 Å². The lowest BCUT2D eigenvalue weighted by Crippen LogP contribution is -2.16. The van der Waals surface area contributed by atoms with Crippen molar-refractivity contribution in [3.63, 3.8) is 0 Å². The normalized spacial score (nSPS) is 11.0. The lowest BCUT2D eigenvalue weighted by Gasteiger charge is -2.12. The zero-order valence-electron chi connectivity index (χ0n) is 17.9. The van der Waals surface area contributed by atoms with E-state index in [0.717, 1.165) is 6.07 Å². The van der Waals surface area contributed by atoms with Crippen LogP contribution in [0.5, 0.6) is 11.8 Å². The van der Waals surface area contributed by atoms with Crippen LogP contribution in [0.3, 0.4) is 0 Å². The molecule has 10 heteroatoms. The summed E-state index contributed by atoms with van der Waals surface area (Å²) in [6.07, 6.45) is 3.12. The quantitative estimate of drug-likeness (QED) is 0.396. The van der Waals surface area contributed by atoms with Crippen LogP contribution in [-0.4, -0.2) is 24.3 Å². The van der Waals surface area contributed by atoms with Gasteiger partial charge in [-0.25, -0.2) is 22.8 Å². The highest BCUT2D eigenvalue weighted by molar-refractivity contribution is 7.92. The number of rotatable bonds is 7. The largest absolute Gasteiger partial charge is 0.424 e. The monoisotopic (exact) mass is 478 g/mol. The van der Waals surface area contributed by atoms with Gasteiger partial charge in [0, 0.05) is 23.6 Å². The second kappa shape index (κ2) is 9.67. The molecule has 2 N–H and O–H groups in total. The van der Waals surface area contributed by atoms with Gasteiger partial charge in [0.25, 0.3) is 15.9 Å². The lowest BCUT2D eigenvalue weighted by molar-refractivity contribution is 0.102. The molecule has 0 aliphatic rings. The molecule has 4 aromatic rings. The van der Waals surface area contributed by atoms with Crippen LogP contribution in [0.1, 0.15) is 15.9 Å². The van der Waals surface area contributed by atoms with Gasteiger partial charge in [-0.05, 0) is 67.1 Å². The maximum absolute atomic E-state index is 13.9. The minimum atomic E-state index is -4.11. The highest BCUT2D eigenvalue weighted by Gasteiger charge is 2.18. The first-order valence-corrected chi connectivity index (χ1v) is 11.5. The fourth-order valence-corrected chi connectivity index (χ4v) is 4.14. The minimum absolute atomic E-state index is 0.119. The van der Waals surface area contributed by atoms with E-state index in [2.05, 4.69) is 20.0 Å². The molecule has 0 atom stereocenters. The lowest BCUT2D eigenvalue weighted by atomic mass is 10.1. The maximum atomic E-state index is 13.9. The topological polar surface area (TPSA) is 110 Å². The zero-order valence-corrected chi connectivity index (χ0v) is 18.7. The van der Waals surface area contributed by atoms with Crippen LogP contribution in [0.15, 0.2) is 90.1 Å². The van der Waals surface area contributed by atoms with Gasteiger partial charge in [-0.3, -0.25) is 9.52 Å². The van der Waals surface area contributed by atoms with Crippen LogP contribution in [0.25, 0.3) is 0 Å². The smallest absolute Gasteiger partial charge is 0.321 e. The van der Waals surface area contributed by atoms with Crippen LogP contribution >= 0.6 is 0 Å². The molecule has 0 aliphatic heterocycles. The predicted molar refractivity (Wildman–Crippen MR) is 125 cm³/mol. The van der Waals surface area contributed by atoms with E-state index in [0.29, 0.717) is 17.0 Å². The number of anilines is 2. The molecule has 0 saturated heterocycles. The first-order chi connectivity index (χ1) is 16.3. The van der Waals surface area contributed by atoms with E-state index in [-0.39, 0.29) is 22.2 Å². The maximum Gasteiger partial charge on any atom is 0.321 e. The average Bonchev–Trinajstić information content (AvgIpc) is 2.83. The number of benzene rings is 3. The van der Waals surface area contributed by atoms with Crippen molar-refractivity contribution in [2.75, 3.05) is 10.0 Å². The van der Waals surface area contributed by atoms with Gasteiger partial charge < -0.3 is 10.1 Å². The van der Waals surface area contributed by atoms with Crippen molar-refractivity contribution in [3.05, 3.63) is 102 Å². The predicted octanol–water partition coefficient (Wildman–Crippen LogP) is 4.77. The van der Waals surface area contributed by atoms with Crippen LogP contribution in [0.2, 0.25) is 0 Å². The molecule has 0 aliphatic carbocycles. The van der Waals surface area contributed by atoms with Gasteiger partial charge in [-0.2, -0.15) is 0 Å². The second-order valence-electron chi connectivity index (χ2n) is 7.18. The molecule has 0 saturated carbocycles. The van der Waals surface area contributed by atoms with Gasteiger partial charge in [-0.15, -0.1) is 0 Å². The molecular weight excluding hydrogens is 459 g/mol. The second-order valence-corrected chi connectivity index (χ2v) is 8.86. The highest BCUT2D eigenvalue weighted by atomic mass is 32.2. The van der Waals surface area contributed by atoms with E-state index in [1.807, 2.05) is 0 Å². The third kappa shape index (κ3) is 5.36. The SMILES string of the molecule is Cc1cc(Oc2ncccn2)ccc1NC(=O)c1cccc(S(=O)(=O)Nc2ccccc2F)c1. The van der Waals surface area contributed by atoms with Crippen LogP contribution < -0.4 is 14.8 Å². The van der Waals surface area contributed by atoms with E-state index in [1.54, 1.807) is 43.6 Å². The summed E-state index contributed by atoms with van der Waals surface area (Å²) in [5.74, 6) is -0.721. The molecule has 0 radical (unpaired) electrons. The number of carbonyl (C=O) groups is 1. The fourth-order valence-electron chi connectivity index (χ4n) is 3.03. The molecular formula is C24H19FN4O4S. The molecule has 0 spiro atoms. The van der Waals surface area contributed by atoms with Crippen molar-refractivity contribution in [1.82, 2.24) is 9.97 Å². The summed E-state index contributed by atoms with van der Waals surface area (Å²) < 4.78 is 47.0. The number of nitrogens with zero attached hydrogens (tertiary/aromatic N) is 2. The van der Waals surface area contributed by atoms with Gasteiger partial charge in [0.15, 0.2) is 0 Å². The number of amides is 1. The summed E-state index contributed by atoms with van der Waals surface area (Å²) in [5, 5.41) is 2.75. The number of aromatic nitrogens is 2. The first kappa shape index (κ1) is 22.9. The summed E-state index contributed by atoms with van der Waals surface area (Å²) in [6.45, 7) is 1.79. The number of para-hydroxylation sites is 1. The molecule has 1 aromatic heterocycles. The number of ether oxygens (including phenoxy) is 1. The van der Waals surface area contributed by atoms with E-state index in [4.69, 9.17) is 4.74 Å². The standard InChI is InChI=1S/C24H19FN4O4S/c1-16-14-18(33-24-26-12-5-13-27-24)10-11-21(16)28-23(30)17-6-4-7-19(15-17)34(31,32)29-22-9-3-2-8-20(22)25/h2-15,29H,1H3,(H,28,30). The summed E-state index contributed by atoms with van der Waals surface area (Å²) >= 11 is 0. The summed E-state index contributed by atoms with van der Waals surface area (Å²) in [6, 6.07) is 17.8. The van der Waals surface area contributed by atoms with Gasteiger partial charge in [0.2, 0.25) is 0 Å². The molecule has 1 heterocycles. The van der Waals surface area contributed by atoms with Crippen molar-refractivity contribution in [1.29, 1.82) is 0 Å². The van der Waals surface area contributed by atoms with Gasteiger partial charge in [0.05, 0.1) is 10.6 Å². The fraction of sp³-hybridized carbons (Fsp3) is 0.0417. The number of aryl methyl sites for hydroxylation is 1. The minimum Gasteiger partial charge on any atom is -0.424 e. The van der Waals surface area contributed by atoms with E-state index < -0.39 is 21.7 Å². The average molecular weight is 479 g/mol. The number of hydrogen-bond acceptors (Lipinski definition) is 6. The van der Waals surface area contributed by atoms with Gasteiger partial charge in [-0.1, -0.05) is 18.2 Å². The van der Waals surface area contributed by atoms with Crippen molar-refractivity contribution in [2.24, 2.45) is 0 Å². The van der Waals surface area contributed by atoms with Crippen molar-refractivity contribution >= 4 is 27.3 Å². The summed E-state index contributed by atoms with van der Waals surface area (Å²) in [7, 11) is -4.11. The van der Waals surface area contributed by atoms with Crippen LogP contribution in [0.4, 0.5) is 15.8 Å². The Morgan fingerprint density at radius 3 is 2.41 bits per heavy atom. The third-order valence-electron chi connectivity index (χ3n) is 4.72. The molecule has 0 fully saturated rings. The Labute approximate surface area is 195 Å².